The summed E-state index contributed by atoms with van der Waals surface area (Å²) in [7, 11) is 1.97. The molecule has 1 amide bonds. The van der Waals surface area contributed by atoms with Crippen LogP contribution in [-0.2, 0) is 11.8 Å². The Labute approximate surface area is 221 Å². The molecule has 0 spiro atoms. The van der Waals surface area contributed by atoms with Crippen molar-refractivity contribution in [3.05, 3.63) is 133 Å². The summed E-state index contributed by atoms with van der Waals surface area (Å²) < 4.78 is 17.9. The Morgan fingerprint density at radius 1 is 1.03 bits per heavy atom. The molecule has 0 fully saturated rings. The third-order valence-electron chi connectivity index (χ3n) is 6.70. The molecular weight excluding hydrogens is 499 g/mol. The fourth-order valence-electron chi connectivity index (χ4n) is 4.92. The predicted molar refractivity (Wildman–Crippen MR) is 148 cm³/mol. The molecule has 0 radical (unpaired) electrons. The molecule has 2 aromatic heterocycles. The highest BCUT2D eigenvalue weighted by molar-refractivity contribution is 7.07. The number of nitrogens with one attached hydrogen (secondary N) is 1. The summed E-state index contributed by atoms with van der Waals surface area (Å²) in [4.78, 5) is 32.6. The van der Waals surface area contributed by atoms with Crippen LogP contribution >= 0.6 is 11.3 Å². The van der Waals surface area contributed by atoms with E-state index < -0.39 is 11.9 Å². The van der Waals surface area contributed by atoms with Gasteiger partial charge in [-0.3, -0.25) is 14.2 Å². The van der Waals surface area contributed by atoms with E-state index in [0.717, 1.165) is 16.5 Å². The quantitative estimate of drug-likeness (QED) is 0.378. The van der Waals surface area contributed by atoms with Gasteiger partial charge in [-0.15, -0.1) is 0 Å². The lowest BCUT2D eigenvalue weighted by Gasteiger charge is -2.25. The van der Waals surface area contributed by atoms with E-state index in [-0.39, 0.29) is 11.5 Å². The molecule has 3 aromatic carbocycles. The van der Waals surface area contributed by atoms with Crippen LogP contribution in [0.3, 0.4) is 0 Å². The van der Waals surface area contributed by atoms with Crippen molar-refractivity contribution in [1.82, 2.24) is 9.13 Å². The molecule has 0 saturated heterocycles. The highest BCUT2D eigenvalue weighted by atomic mass is 32.1. The Balaban J connectivity index is 1.53. The van der Waals surface area contributed by atoms with Crippen molar-refractivity contribution in [1.29, 1.82) is 0 Å². The van der Waals surface area contributed by atoms with Crippen LogP contribution in [0.4, 0.5) is 10.1 Å². The Bertz CT molecular complexity index is 1920. The zero-order valence-electron chi connectivity index (χ0n) is 20.7. The molecule has 1 aliphatic heterocycles. The van der Waals surface area contributed by atoms with Crippen LogP contribution < -0.4 is 20.2 Å². The second-order valence-electron chi connectivity index (χ2n) is 9.17. The number of amides is 1. The monoisotopic (exact) mass is 522 g/mol. The Kier molecular flexibility index (Phi) is 5.88. The van der Waals surface area contributed by atoms with E-state index in [1.807, 2.05) is 66.4 Å². The van der Waals surface area contributed by atoms with Gasteiger partial charge in [0.15, 0.2) is 4.80 Å². The molecule has 0 saturated carbocycles. The lowest BCUT2D eigenvalue weighted by atomic mass is 9.95. The molecule has 8 heteroatoms. The molecule has 1 aliphatic rings. The summed E-state index contributed by atoms with van der Waals surface area (Å²) in [5.74, 6) is -0.761. The number of rotatable bonds is 4. The highest BCUT2D eigenvalue weighted by Crippen LogP contribution is 2.31. The summed E-state index contributed by atoms with van der Waals surface area (Å²) in [5.41, 5.74) is 3.82. The van der Waals surface area contributed by atoms with Crippen LogP contribution in [0.25, 0.3) is 17.0 Å². The normalized spacial score (nSPS) is 15.4. The topological polar surface area (TPSA) is 68.4 Å². The van der Waals surface area contributed by atoms with Crippen LogP contribution in [0.1, 0.15) is 24.1 Å². The Morgan fingerprint density at radius 2 is 1.74 bits per heavy atom. The summed E-state index contributed by atoms with van der Waals surface area (Å²) in [5, 5.41) is 3.96. The molecular formula is C30H23FN4O2S. The lowest BCUT2D eigenvalue weighted by Crippen LogP contribution is -2.40. The molecule has 3 heterocycles. The number of fused-ring (bicyclic) bond motifs is 2. The first-order chi connectivity index (χ1) is 18.4. The van der Waals surface area contributed by atoms with E-state index in [0.29, 0.717) is 31.9 Å². The number of para-hydroxylation sites is 2. The smallest absolute Gasteiger partial charge is 0.271 e. The molecule has 0 aliphatic carbocycles. The van der Waals surface area contributed by atoms with E-state index >= 15 is 0 Å². The fourth-order valence-corrected chi connectivity index (χ4v) is 5.96. The summed E-state index contributed by atoms with van der Waals surface area (Å²) in [6, 6.07) is 22.2. The van der Waals surface area contributed by atoms with Crippen LogP contribution in [-0.4, -0.2) is 15.0 Å². The van der Waals surface area contributed by atoms with Crippen molar-refractivity contribution in [2.45, 2.75) is 13.0 Å². The third-order valence-corrected chi connectivity index (χ3v) is 7.68. The molecule has 38 heavy (non-hydrogen) atoms. The number of carbonyl (C=O) groups excluding carboxylic acids is 1. The Morgan fingerprint density at radius 3 is 2.50 bits per heavy atom. The van der Waals surface area contributed by atoms with Gasteiger partial charge in [0, 0.05) is 35.4 Å². The molecule has 1 unspecified atom stereocenters. The third kappa shape index (κ3) is 4.09. The number of anilines is 1. The van der Waals surface area contributed by atoms with Gasteiger partial charge in [0.2, 0.25) is 0 Å². The lowest BCUT2D eigenvalue weighted by molar-refractivity contribution is -0.113. The maximum atomic E-state index is 13.9. The van der Waals surface area contributed by atoms with Crippen LogP contribution in [0.15, 0.2) is 106 Å². The average molecular weight is 523 g/mol. The first kappa shape index (κ1) is 23.8. The number of nitrogens with zero attached hydrogens (tertiary/aromatic N) is 3. The maximum absolute atomic E-state index is 13.9. The minimum absolute atomic E-state index is 0.256. The van der Waals surface area contributed by atoms with E-state index in [9.17, 15) is 14.0 Å². The number of thiazole rings is 1. The van der Waals surface area contributed by atoms with Gasteiger partial charge in [-0.25, -0.2) is 9.38 Å². The van der Waals surface area contributed by atoms with Crippen molar-refractivity contribution in [2.75, 3.05) is 5.32 Å². The zero-order chi connectivity index (χ0) is 26.4. The van der Waals surface area contributed by atoms with Gasteiger partial charge in [-0.1, -0.05) is 59.9 Å². The molecule has 0 bridgehead atoms. The van der Waals surface area contributed by atoms with Gasteiger partial charge in [0.05, 0.1) is 21.8 Å². The summed E-state index contributed by atoms with van der Waals surface area (Å²) in [6.07, 6.45) is 3.86. The second kappa shape index (κ2) is 9.39. The number of halogens is 1. The largest absolute Gasteiger partial charge is 0.350 e. The van der Waals surface area contributed by atoms with Gasteiger partial charge in [0.25, 0.3) is 11.5 Å². The van der Waals surface area contributed by atoms with Crippen LogP contribution in [0.2, 0.25) is 0 Å². The highest BCUT2D eigenvalue weighted by Gasteiger charge is 2.32. The van der Waals surface area contributed by atoms with Crippen molar-refractivity contribution < 1.29 is 9.18 Å². The van der Waals surface area contributed by atoms with Gasteiger partial charge in [0.1, 0.15) is 5.82 Å². The summed E-state index contributed by atoms with van der Waals surface area (Å²) >= 11 is 1.28. The number of carbonyl (C=O) groups is 1. The molecule has 1 N–H and O–H groups in total. The SMILES string of the molecule is CC1=C(C(=O)Nc2ccccc2)C(c2ccc(F)cc2)n2c(s/c(=C/c3cn(C)c4ccccc34)c2=O)=N1. The molecule has 6 nitrogen and oxygen atoms in total. The minimum atomic E-state index is -0.759. The van der Waals surface area contributed by atoms with Gasteiger partial charge >= 0.3 is 0 Å². The van der Waals surface area contributed by atoms with E-state index in [1.54, 1.807) is 35.8 Å². The van der Waals surface area contributed by atoms with Gasteiger partial charge in [-0.2, -0.15) is 0 Å². The number of aryl methyl sites for hydroxylation is 1. The first-order valence-corrected chi connectivity index (χ1v) is 12.9. The molecule has 188 valence electrons. The standard InChI is InChI=1S/C30H23FN4O2S/c1-18-26(28(36)33-22-8-4-3-5-9-22)27(19-12-14-21(31)15-13-19)35-29(37)25(38-30(35)32-18)16-20-17-34(2)24-11-7-6-10-23(20)24/h3-17,27H,1-2H3,(H,33,36)/b25-16+. The van der Waals surface area contributed by atoms with Crippen molar-refractivity contribution in [3.63, 3.8) is 0 Å². The van der Waals surface area contributed by atoms with E-state index in [2.05, 4.69) is 10.3 Å². The van der Waals surface area contributed by atoms with Crippen molar-refractivity contribution in [2.24, 2.45) is 12.0 Å². The molecule has 1 atom stereocenters. The fraction of sp³-hybridized carbons (Fsp3) is 0.100. The number of benzene rings is 3. The predicted octanol–water partition coefficient (Wildman–Crippen LogP) is 4.50. The number of hydrogen-bond donors (Lipinski definition) is 1. The number of hydrogen-bond acceptors (Lipinski definition) is 4. The number of aromatic nitrogens is 2. The Hall–Kier alpha value is -4.56. The van der Waals surface area contributed by atoms with Crippen LogP contribution in [0.5, 0.6) is 0 Å². The number of allylic oxidation sites excluding steroid dienone is 1. The van der Waals surface area contributed by atoms with E-state index in [1.165, 1.54) is 23.5 Å². The van der Waals surface area contributed by atoms with Gasteiger partial charge in [-0.05, 0) is 48.9 Å². The molecule has 5 aromatic rings. The van der Waals surface area contributed by atoms with E-state index in [4.69, 9.17) is 0 Å². The van der Waals surface area contributed by atoms with Crippen LogP contribution in [0, 0.1) is 5.82 Å². The minimum Gasteiger partial charge on any atom is -0.350 e. The van der Waals surface area contributed by atoms with Crippen molar-refractivity contribution in [3.8, 4) is 0 Å². The average Bonchev–Trinajstić information content (AvgIpc) is 3.40. The van der Waals surface area contributed by atoms with Gasteiger partial charge < -0.3 is 9.88 Å². The molecule has 6 rings (SSSR count). The first-order valence-electron chi connectivity index (χ1n) is 12.1. The maximum Gasteiger partial charge on any atom is 0.271 e. The second-order valence-corrected chi connectivity index (χ2v) is 10.2. The van der Waals surface area contributed by atoms with Crippen molar-refractivity contribution >= 4 is 39.9 Å². The zero-order valence-corrected chi connectivity index (χ0v) is 21.5. The summed E-state index contributed by atoms with van der Waals surface area (Å²) in [6.45, 7) is 1.76.